The lowest BCUT2D eigenvalue weighted by Gasteiger charge is -2.42. The molecule has 2 fully saturated rings. The fraction of sp³-hybridized carbons (Fsp3) is 0.708. The molecule has 0 aromatic heterocycles. The van der Waals surface area contributed by atoms with Gasteiger partial charge in [-0.15, -0.1) is 0 Å². The van der Waals surface area contributed by atoms with Crippen molar-refractivity contribution >= 4 is 5.96 Å². The molecule has 0 unspecified atom stereocenters. The van der Waals surface area contributed by atoms with Gasteiger partial charge in [-0.05, 0) is 70.7 Å². The van der Waals surface area contributed by atoms with Gasteiger partial charge in [0.05, 0.1) is 0 Å². The quantitative estimate of drug-likeness (QED) is 0.567. The molecule has 3 rings (SSSR count). The van der Waals surface area contributed by atoms with Crippen LogP contribution in [0, 0.1) is 6.92 Å². The molecule has 2 aliphatic rings. The smallest absolute Gasteiger partial charge is 0.191 e. The number of benzene rings is 1. The van der Waals surface area contributed by atoms with Crippen LogP contribution in [0.25, 0.3) is 0 Å². The first kappa shape index (κ1) is 22.1. The summed E-state index contributed by atoms with van der Waals surface area (Å²) >= 11 is 0. The van der Waals surface area contributed by atoms with Crippen LogP contribution in [0.5, 0.6) is 0 Å². The molecule has 2 saturated heterocycles. The van der Waals surface area contributed by atoms with Gasteiger partial charge < -0.3 is 15.4 Å². The molecule has 29 heavy (non-hydrogen) atoms. The number of rotatable bonds is 6. The molecule has 1 aromatic rings. The zero-order chi connectivity index (χ0) is 20.7. The number of aliphatic imine (C=N–C) groups is 1. The predicted octanol–water partition coefficient (Wildman–Crippen LogP) is 3.47. The number of nitrogens with zero attached hydrogens (tertiary/aromatic N) is 2. The summed E-state index contributed by atoms with van der Waals surface area (Å²) in [6.45, 7) is 12.7. The van der Waals surface area contributed by atoms with Gasteiger partial charge in [-0.25, -0.2) is 0 Å². The number of ether oxygens (including phenoxy) is 1. The van der Waals surface area contributed by atoms with E-state index in [4.69, 9.17) is 4.74 Å². The number of hydrogen-bond donors (Lipinski definition) is 2. The lowest BCUT2D eigenvalue weighted by Crippen LogP contribution is -2.56. The van der Waals surface area contributed by atoms with Crippen LogP contribution in [0.1, 0.15) is 57.1 Å². The van der Waals surface area contributed by atoms with Crippen molar-refractivity contribution in [1.29, 1.82) is 0 Å². The van der Waals surface area contributed by atoms with E-state index in [1.807, 2.05) is 7.05 Å². The highest BCUT2D eigenvalue weighted by Crippen LogP contribution is 2.36. The summed E-state index contributed by atoms with van der Waals surface area (Å²) < 4.78 is 5.70. The van der Waals surface area contributed by atoms with Gasteiger partial charge in [0.15, 0.2) is 5.96 Å². The van der Waals surface area contributed by atoms with Crippen molar-refractivity contribution < 1.29 is 4.74 Å². The highest BCUT2D eigenvalue weighted by atomic mass is 16.5. The normalized spacial score (nSPS) is 21.0. The summed E-state index contributed by atoms with van der Waals surface area (Å²) in [5, 5.41) is 7.24. The van der Waals surface area contributed by atoms with Gasteiger partial charge in [0.2, 0.25) is 0 Å². The number of piperidine rings is 1. The van der Waals surface area contributed by atoms with E-state index < -0.39 is 0 Å². The van der Waals surface area contributed by atoms with Gasteiger partial charge in [-0.3, -0.25) is 9.89 Å². The third kappa shape index (κ3) is 5.52. The Morgan fingerprint density at radius 2 is 1.79 bits per heavy atom. The Labute approximate surface area is 177 Å². The van der Waals surface area contributed by atoms with Crippen LogP contribution >= 0.6 is 0 Å². The number of aryl methyl sites for hydroxylation is 1. The fourth-order valence-electron chi connectivity index (χ4n) is 4.86. The number of likely N-dealkylation sites (tertiary alicyclic amines) is 1. The maximum absolute atomic E-state index is 5.70. The first-order valence-corrected chi connectivity index (χ1v) is 11.3. The molecule has 162 valence electrons. The van der Waals surface area contributed by atoms with E-state index in [-0.39, 0.29) is 11.0 Å². The molecule has 5 nitrogen and oxygen atoms in total. The molecule has 0 bridgehead atoms. The molecule has 1 aromatic carbocycles. The average Bonchev–Trinajstić information content (AvgIpc) is 2.75. The fourth-order valence-corrected chi connectivity index (χ4v) is 4.86. The summed E-state index contributed by atoms with van der Waals surface area (Å²) in [5.41, 5.74) is 3.04. The second kappa shape index (κ2) is 9.94. The molecule has 0 spiro atoms. The van der Waals surface area contributed by atoms with Crippen LogP contribution in [-0.2, 0) is 10.2 Å². The Hall–Kier alpha value is -1.59. The van der Waals surface area contributed by atoms with E-state index in [2.05, 4.69) is 65.6 Å². The molecule has 0 saturated carbocycles. The molecule has 0 radical (unpaired) electrons. The second-order valence-corrected chi connectivity index (χ2v) is 9.35. The van der Waals surface area contributed by atoms with E-state index in [1.54, 1.807) is 0 Å². The first-order valence-electron chi connectivity index (χ1n) is 11.3. The Morgan fingerprint density at radius 3 is 2.45 bits per heavy atom. The Morgan fingerprint density at radius 1 is 1.10 bits per heavy atom. The topological polar surface area (TPSA) is 48.9 Å². The largest absolute Gasteiger partial charge is 0.381 e. The van der Waals surface area contributed by atoms with Crippen LogP contribution in [0.3, 0.4) is 0 Å². The van der Waals surface area contributed by atoms with Crippen LogP contribution in [0.15, 0.2) is 29.3 Å². The van der Waals surface area contributed by atoms with Crippen molar-refractivity contribution in [1.82, 2.24) is 15.5 Å². The first-order chi connectivity index (χ1) is 14.0. The predicted molar refractivity (Wildman–Crippen MR) is 122 cm³/mol. The van der Waals surface area contributed by atoms with Gasteiger partial charge in [-0.2, -0.15) is 0 Å². The lowest BCUT2D eigenvalue weighted by atomic mass is 9.72. The van der Waals surface area contributed by atoms with Crippen molar-refractivity contribution in [3.63, 3.8) is 0 Å². The van der Waals surface area contributed by atoms with Crippen molar-refractivity contribution in [2.75, 3.05) is 46.4 Å². The molecular formula is C24H40N4O. The molecule has 5 heteroatoms. The summed E-state index contributed by atoms with van der Waals surface area (Å²) in [5.74, 6) is 0.898. The molecule has 0 aliphatic carbocycles. The van der Waals surface area contributed by atoms with E-state index in [0.717, 1.165) is 45.1 Å². The van der Waals surface area contributed by atoms with Gasteiger partial charge >= 0.3 is 0 Å². The SMILES string of the molecule is CN=C(NCC1(c2ccccc2C)CCOCC1)NCC(C)(C)N1CCCCC1. The van der Waals surface area contributed by atoms with Crippen molar-refractivity contribution in [2.24, 2.45) is 4.99 Å². The van der Waals surface area contributed by atoms with Gasteiger partial charge in [0, 0.05) is 44.3 Å². The van der Waals surface area contributed by atoms with Crippen molar-refractivity contribution in [3.05, 3.63) is 35.4 Å². The van der Waals surface area contributed by atoms with E-state index in [0.29, 0.717) is 0 Å². The molecular weight excluding hydrogens is 360 g/mol. The standard InChI is InChI=1S/C24H40N4O/c1-20-10-6-7-11-21(20)24(12-16-29-17-13-24)19-27-22(25-4)26-18-23(2,3)28-14-8-5-9-15-28/h6-7,10-11H,5,8-9,12-19H2,1-4H3,(H2,25,26,27). The minimum absolute atomic E-state index is 0.101. The molecule has 2 aliphatic heterocycles. The highest BCUT2D eigenvalue weighted by Gasteiger charge is 2.36. The summed E-state index contributed by atoms with van der Waals surface area (Å²) in [7, 11) is 1.87. The molecule has 0 amide bonds. The van der Waals surface area contributed by atoms with Crippen LogP contribution in [0.4, 0.5) is 0 Å². The third-order valence-electron chi connectivity index (χ3n) is 6.88. The van der Waals surface area contributed by atoms with E-state index in [9.17, 15) is 0 Å². The van der Waals surface area contributed by atoms with Crippen LogP contribution < -0.4 is 10.6 Å². The average molecular weight is 401 g/mol. The maximum Gasteiger partial charge on any atom is 0.191 e. The number of nitrogens with one attached hydrogen (secondary N) is 2. The van der Waals surface area contributed by atoms with Crippen LogP contribution in [-0.4, -0.2) is 62.8 Å². The summed E-state index contributed by atoms with van der Waals surface area (Å²) in [6.07, 6.45) is 6.09. The lowest BCUT2D eigenvalue weighted by molar-refractivity contribution is 0.0511. The Bertz CT molecular complexity index is 673. The Kier molecular flexibility index (Phi) is 7.58. The zero-order valence-corrected chi connectivity index (χ0v) is 18.9. The van der Waals surface area contributed by atoms with Gasteiger partial charge in [-0.1, -0.05) is 30.7 Å². The molecule has 2 N–H and O–H groups in total. The molecule has 0 atom stereocenters. The summed E-state index contributed by atoms with van der Waals surface area (Å²) in [4.78, 5) is 7.13. The van der Waals surface area contributed by atoms with Gasteiger partial charge in [0.1, 0.15) is 0 Å². The van der Waals surface area contributed by atoms with Gasteiger partial charge in [0.25, 0.3) is 0 Å². The van der Waals surface area contributed by atoms with E-state index >= 15 is 0 Å². The Balaban J connectivity index is 1.63. The number of hydrogen-bond acceptors (Lipinski definition) is 3. The third-order valence-corrected chi connectivity index (χ3v) is 6.88. The highest BCUT2D eigenvalue weighted by molar-refractivity contribution is 5.79. The van der Waals surface area contributed by atoms with Crippen molar-refractivity contribution in [2.45, 2.75) is 63.8 Å². The molecule has 2 heterocycles. The second-order valence-electron chi connectivity index (χ2n) is 9.35. The zero-order valence-electron chi connectivity index (χ0n) is 18.9. The summed E-state index contributed by atoms with van der Waals surface area (Å²) in [6, 6.07) is 8.80. The minimum atomic E-state index is 0.101. The van der Waals surface area contributed by atoms with E-state index in [1.165, 1.54) is 43.5 Å². The maximum atomic E-state index is 5.70. The minimum Gasteiger partial charge on any atom is -0.381 e. The number of guanidine groups is 1. The monoisotopic (exact) mass is 400 g/mol. The van der Waals surface area contributed by atoms with Crippen LogP contribution in [0.2, 0.25) is 0 Å². The van der Waals surface area contributed by atoms with Crippen molar-refractivity contribution in [3.8, 4) is 0 Å².